The van der Waals surface area contributed by atoms with E-state index in [1.807, 2.05) is 6.07 Å². The van der Waals surface area contributed by atoms with Gasteiger partial charge in [0.25, 0.3) is 0 Å². The molecule has 2 heterocycles. The van der Waals surface area contributed by atoms with Gasteiger partial charge in [0, 0.05) is 29.0 Å². The average Bonchev–Trinajstić information content (AvgIpc) is 3.01. The predicted octanol–water partition coefficient (Wildman–Crippen LogP) is 5.60. The summed E-state index contributed by atoms with van der Waals surface area (Å²) in [4.78, 5) is 0. The Morgan fingerprint density at radius 1 is 1.38 bits per heavy atom. The third-order valence-electron chi connectivity index (χ3n) is 3.57. The van der Waals surface area contributed by atoms with Crippen molar-refractivity contribution < 1.29 is 4.74 Å². The van der Waals surface area contributed by atoms with Crippen molar-refractivity contribution in [2.24, 2.45) is 0 Å². The first-order valence-corrected chi connectivity index (χ1v) is 9.03. The number of rotatable bonds is 4. The highest BCUT2D eigenvalue weighted by Gasteiger charge is 2.19. The quantitative estimate of drug-likeness (QED) is 0.712. The first kappa shape index (κ1) is 15.6. The molecular weight excluding hydrogens is 393 g/mol. The number of benzene rings is 1. The Kier molecular flexibility index (Phi) is 4.81. The minimum Gasteiger partial charge on any atom is -0.493 e. The molecule has 6 heteroatoms. The summed E-state index contributed by atoms with van der Waals surface area (Å²) < 4.78 is 8.30. The van der Waals surface area contributed by atoms with Crippen molar-refractivity contribution in [1.29, 1.82) is 0 Å². The maximum Gasteiger partial charge on any atom is 0.127 e. The molecule has 1 aromatic heterocycles. The first-order chi connectivity index (χ1) is 10.0. The fourth-order valence-corrected chi connectivity index (χ4v) is 4.70. The highest BCUT2D eigenvalue weighted by molar-refractivity contribution is 9.10. The van der Waals surface area contributed by atoms with Crippen LogP contribution >= 0.6 is 50.5 Å². The molecule has 1 N–H and O–H groups in total. The highest BCUT2D eigenvalue weighted by atomic mass is 79.9. The third-order valence-corrected chi connectivity index (χ3v) is 5.55. The number of thiophene rings is 1. The second kappa shape index (κ2) is 6.47. The van der Waals surface area contributed by atoms with Crippen molar-refractivity contribution in [3.05, 3.63) is 48.0 Å². The maximum absolute atomic E-state index is 6.20. The molecule has 0 spiro atoms. The van der Waals surface area contributed by atoms with Crippen LogP contribution in [0.2, 0.25) is 8.67 Å². The second-order valence-corrected chi connectivity index (χ2v) is 8.24. The summed E-state index contributed by atoms with van der Waals surface area (Å²) in [5.74, 6) is 1.02. The molecule has 0 saturated heterocycles. The van der Waals surface area contributed by atoms with Crippen molar-refractivity contribution in [3.63, 3.8) is 0 Å². The Morgan fingerprint density at radius 2 is 2.19 bits per heavy atom. The van der Waals surface area contributed by atoms with Gasteiger partial charge in [-0.3, -0.25) is 0 Å². The van der Waals surface area contributed by atoms with Gasteiger partial charge < -0.3 is 10.1 Å². The summed E-state index contributed by atoms with van der Waals surface area (Å²) in [6.45, 7) is 3.58. The average molecular weight is 407 g/mol. The number of nitrogens with one attached hydrogen (secondary N) is 1. The number of ether oxygens (including phenoxy) is 1. The van der Waals surface area contributed by atoms with Crippen LogP contribution in [0.15, 0.2) is 22.7 Å². The van der Waals surface area contributed by atoms with Gasteiger partial charge >= 0.3 is 0 Å². The Balaban J connectivity index is 1.75. The van der Waals surface area contributed by atoms with E-state index in [2.05, 4.69) is 40.3 Å². The van der Waals surface area contributed by atoms with Gasteiger partial charge in [0.1, 0.15) is 5.75 Å². The van der Waals surface area contributed by atoms with Crippen molar-refractivity contribution in [2.75, 3.05) is 6.61 Å². The molecule has 0 fully saturated rings. The number of fused-ring (bicyclic) bond motifs is 1. The lowest BCUT2D eigenvalue weighted by Gasteiger charge is -2.15. The zero-order valence-electron chi connectivity index (χ0n) is 11.4. The van der Waals surface area contributed by atoms with Crippen LogP contribution in [0.3, 0.4) is 0 Å². The van der Waals surface area contributed by atoms with Crippen molar-refractivity contribution in [3.8, 4) is 5.75 Å². The fourth-order valence-electron chi connectivity index (χ4n) is 2.50. The second-order valence-electron chi connectivity index (χ2n) is 5.03. The molecule has 112 valence electrons. The van der Waals surface area contributed by atoms with Gasteiger partial charge in [-0.2, -0.15) is 0 Å². The molecule has 1 aromatic carbocycles. The molecule has 0 saturated carbocycles. The monoisotopic (exact) mass is 405 g/mol. The van der Waals surface area contributed by atoms with Gasteiger partial charge in [-0.05, 0) is 36.2 Å². The van der Waals surface area contributed by atoms with Gasteiger partial charge in [0.15, 0.2) is 0 Å². The molecule has 1 aliphatic heterocycles. The lowest BCUT2D eigenvalue weighted by atomic mass is 10.1. The first-order valence-electron chi connectivity index (χ1n) is 6.67. The van der Waals surface area contributed by atoms with Crippen molar-refractivity contribution >= 4 is 50.5 Å². The van der Waals surface area contributed by atoms with Gasteiger partial charge in [0.2, 0.25) is 0 Å². The predicted molar refractivity (Wildman–Crippen MR) is 92.9 cm³/mol. The van der Waals surface area contributed by atoms with Crippen molar-refractivity contribution in [2.45, 2.75) is 25.9 Å². The van der Waals surface area contributed by atoms with Crippen LogP contribution in [-0.4, -0.2) is 6.61 Å². The van der Waals surface area contributed by atoms with Crippen molar-refractivity contribution in [1.82, 2.24) is 5.32 Å². The van der Waals surface area contributed by atoms with E-state index in [4.69, 9.17) is 27.9 Å². The Labute approximate surface area is 146 Å². The minimum atomic E-state index is 0.136. The summed E-state index contributed by atoms with van der Waals surface area (Å²) in [5.41, 5.74) is 3.48. The van der Waals surface area contributed by atoms with E-state index in [-0.39, 0.29) is 6.04 Å². The molecule has 0 amide bonds. The summed E-state index contributed by atoms with van der Waals surface area (Å²) in [6.07, 6.45) is 0.975. The zero-order chi connectivity index (χ0) is 15.0. The number of hydrogen-bond acceptors (Lipinski definition) is 3. The van der Waals surface area contributed by atoms with Crippen LogP contribution in [0.5, 0.6) is 5.75 Å². The zero-order valence-corrected chi connectivity index (χ0v) is 15.3. The normalized spacial score (nSPS) is 14.9. The Hall–Kier alpha value is -0.260. The van der Waals surface area contributed by atoms with Gasteiger partial charge in [-0.25, -0.2) is 0 Å². The summed E-state index contributed by atoms with van der Waals surface area (Å²) in [7, 11) is 0. The molecule has 2 nitrogen and oxygen atoms in total. The van der Waals surface area contributed by atoms with Crippen LogP contribution in [0.1, 0.15) is 29.7 Å². The SMILES string of the molecule is CC(NCc1cc(Br)cc2c1OCC2)c1cc(Cl)sc1Cl. The van der Waals surface area contributed by atoms with E-state index >= 15 is 0 Å². The molecule has 1 aliphatic rings. The van der Waals surface area contributed by atoms with E-state index in [9.17, 15) is 0 Å². The molecule has 21 heavy (non-hydrogen) atoms. The number of halogens is 3. The maximum atomic E-state index is 6.20. The van der Waals surface area contributed by atoms with E-state index in [0.717, 1.165) is 44.0 Å². The van der Waals surface area contributed by atoms with Crippen LogP contribution in [0.25, 0.3) is 0 Å². The highest BCUT2D eigenvalue weighted by Crippen LogP contribution is 2.36. The lowest BCUT2D eigenvalue weighted by Crippen LogP contribution is -2.18. The van der Waals surface area contributed by atoms with E-state index < -0.39 is 0 Å². The smallest absolute Gasteiger partial charge is 0.127 e. The topological polar surface area (TPSA) is 21.3 Å². The van der Waals surface area contributed by atoms with Crippen LogP contribution < -0.4 is 10.1 Å². The fraction of sp³-hybridized carbons (Fsp3) is 0.333. The summed E-state index contributed by atoms with van der Waals surface area (Å²) in [5, 5.41) is 3.49. The molecule has 1 atom stereocenters. The van der Waals surface area contributed by atoms with Gasteiger partial charge in [-0.1, -0.05) is 39.1 Å². The molecule has 1 unspecified atom stereocenters. The van der Waals surface area contributed by atoms with Crippen LogP contribution in [-0.2, 0) is 13.0 Å². The van der Waals surface area contributed by atoms with Gasteiger partial charge in [-0.15, -0.1) is 11.3 Å². The van der Waals surface area contributed by atoms with Gasteiger partial charge in [0.05, 0.1) is 15.3 Å². The standard InChI is InChI=1S/C15H14BrCl2NOS/c1-8(12-6-13(17)21-15(12)18)19-7-10-5-11(16)4-9-2-3-20-14(9)10/h4-6,8,19H,2-3,7H2,1H3. The minimum absolute atomic E-state index is 0.136. The summed E-state index contributed by atoms with van der Waals surface area (Å²) >= 11 is 17.2. The van der Waals surface area contributed by atoms with E-state index in [1.54, 1.807) is 0 Å². The third kappa shape index (κ3) is 3.40. The Bertz CT molecular complexity index is 674. The van der Waals surface area contributed by atoms with E-state index in [1.165, 1.54) is 22.5 Å². The number of hydrogen-bond donors (Lipinski definition) is 1. The summed E-state index contributed by atoms with van der Waals surface area (Å²) in [6, 6.07) is 6.29. The van der Waals surface area contributed by atoms with Crippen LogP contribution in [0, 0.1) is 0 Å². The molecule has 0 bridgehead atoms. The molecule has 0 radical (unpaired) electrons. The largest absolute Gasteiger partial charge is 0.493 e. The Morgan fingerprint density at radius 3 is 2.90 bits per heavy atom. The van der Waals surface area contributed by atoms with E-state index in [0.29, 0.717) is 0 Å². The molecule has 2 aromatic rings. The molecule has 0 aliphatic carbocycles. The lowest BCUT2D eigenvalue weighted by molar-refractivity contribution is 0.351. The molecular formula is C15H14BrCl2NOS. The molecule has 3 rings (SSSR count). The van der Waals surface area contributed by atoms with Crippen LogP contribution in [0.4, 0.5) is 0 Å².